The normalized spacial score (nSPS) is 17.1. The first-order valence-corrected chi connectivity index (χ1v) is 6.91. The van der Waals surface area contributed by atoms with E-state index in [2.05, 4.69) is 0 Å². The standard InChI is InChI=1S/C13H10FNO3S2/c14-9-4-2-1-3-8(9)7-10-12(18)15(13(19)20-10)6-5-11(16)17/h1-4,7H,5-6H2,(H,16,17)/p-1. The number of aliphatic carboxylic acids is 1. The van der Waals surface area contributed by atoms with Gasteiger partial charge in [-0.25, -0.2) is 4.39 Å². The Balaban J connectivity index is 2.19. The maximum Gasteiger partial charge on any atom is 0.266 e. The van der Waals surface area contributed by atoms with E-state index < -0.39 is 17.7 Å². The number of amides is 1. The molecule has 104 valence electrons. The second kappa shape index (κ2) is 6.15. The van der Waals surface area contributed by atoms with E-state index in [1.165, 1.54) is 17.0 Å². The Morgan fingerprint density at radius 2 is 2.15 bits per heavy atom. The second-order valence-corrected chi connectivity index (χ2v) is 5.65. The van der Waals surface area contributed by atoms with Gasteiger partial charge in [0, 0.05) is 24.5 Å². The Morgan fingerprint density at radius 3 is 2.80 bits per heavy atom. The average Bonchev–Trinajstić information content (AvgIpc) is 2.65. The van der Waals surface area contributed by atoms with Crippen molar-refractivity contribution in [3.63, 3.8) is 0 Å². The number of hydrogen-bond donors (Lipinski definition) is 0. The van der Waals surface area contributed by atoms with Crippen LogP contribution in [0, 0.1) is 5.82 Å². The lowest BCUT2D eigenvalue weighted by Crippen LogP contribution is -2.33. The minimum Gasteiger partial charge on any atom is -0.550 e. The van der Waals surface area contributed by atoms with Crippen molar-refractivity contribution in [2.45, 2.75) is 6.42 Å². The summed E-state index contributed by atoms with van der Waals surface area (Å²) < 4.78 is 13.8. The third-order valence-electron chi connectivity index (χ3n) is 2.60. The third kappa shape index (κ3) is 3.23. The fourth-order valence-corrected chi connectivity index (χ4v) is 2.93. The fourth-order valence-electron chi connectivity index (χ4n) is 1.63. The molecule has 0 spiro atoms. The Kier molecular flexibility index (Phi) is 4.51. The van der Waals surface area contributed by atoms with Crippen molar-refractivity contribution in [2.75, 3.05) is 6.54 Å². The number of carboxylic acid groups (broad SMARTS) is 1. The number of benzene rings is 1. The van der Waals surface area contributed by atoms with Crippen LogP contribution in [0.4, 0.5) is 4.39 Å². The molecule has 1 fully saturated rings. The molecule has 1 aliphatic rings. The molecule has 1 heterocycles. The molecule has 0 aromatic heterocycles. The first kappa shape index (κ1) is 14.7. The summed E-state index contributed by atoms with van der Waals surface area (Å²) in [5.74, 6) is -2.10. The summed E-state index contributed by atoms with van der Waals surface area (Å²) in [6.45, 7) is -0.0401. The van der Waals surface area contributed by atoms with E-state index in [1.807, 2.05) is 0 Å². The molecule has 0 atom stereocenters. The second-order valence-electron chi connectivity index (χ2n) is 3.98. The Hall–Kier alpha value is -1.73. The molecule has 1 aromatic rings. The topological polar surface area (TPSA) is 60.4 Å². The molecule has 0 N–H and O–H groups in total. The highest BCUT2D eigenvalue weighted by molar-refractivity contribution is 8.26. The number of carboxylic acids is 1. The molecule has 1 saturated heterocycles. The van der Waals surface area contributed by atoms with Crippen molar-refractivity contribution in [1.29, 1.82) is 0 Å². The SMILES string of the molecule is O=C([O-])CCN1C(=O)C(=Cc2ccccc2F)SC1=S. The zero-order valence-corrected chi connectivity index (χ0v) is 11.8. The van der Waals surface area contributed by atoms with Crippen LogP contribution in [-0.4, -0.2) is 27.6 Å². The molecule has 0 radical (unpaired) electrons. The van der Waals surface area contributed by atoms with Crippen LogP contribution in [0.25, 0.3) is 6.08 Å². The lowest BCUT2D eigenvalue weighted by molar-refractivity contribution is -0.305. The van der Waals surface area contributed by atoms with Gasteiger partial charge >= 0.3 is 0 Å². The van der Waals surface area contributed by atoms with Gasteiger partial charge < -0.3 is 9.90 Å². The molecule has 0 unspecified atom stereocenters. The van der Waals surface area contributed by atoms with Crippen molar-refractivity contribution in [2.24, 2.45) is 0 Å². The highest BCUT2D eigenvalue weighted by atomic mass is 32.2. The van der Waals surface area contributed by atoms with Gasteiger partial charge in [-0.05, 0) is 12.1 Å². The van der Waals surface area contributed by atoms with Crippen LogP contribution in [0.1, 0.15) is 12.0 Å². The first-order valence-electron chi connectivity index (χ1n) is 5.69. The summed E-state index contributed by atoms with van der Waals surface area (Å²) in [6, 6.07) is 6.05. The van der Waals surface area contributed by atoms with Gasteiger partial charge in [-0.1, -0.05) is 42.2 Å². The van der Waals surface area contributed by atoms with E-state index in [-0.39, 0.29) is 27.8 Å². The van der Waals surface area contributed by atoms with Crippen LogP contribution in [0.3, 0.4) is 0 Å². The van der Waals surface area contributed by atoms with E-state index in [1.54, 1.807) is 18.2 Å². The minimum absolute atomic E-state index is 0.0401. The molecule has 1 amide bonds. The largest absolute Gasteiger partial charge is 0.550 e. The van der Waals surface area contributed by atoms with Gasteiger partial charge in [-0.2, -0.15) is 0 Å². The van der Waals surface area contributed by atoms with Crippen molar-refractivity contribution in [1.82, 2.24) is 4.90 Å². The number of hydrogen-bond acceptors (Lipinski definition) is 5. The lowest BCUT2D eigenvalue weighted by Gasteiger charge is -2.14. The van der Waals surface area contributed by atoms with Crippen LogP contribution in [-0.2, 0) is 9.59 Å². The minimum atomic E-state index is -1.25. The number of thioether (sulfide) groups is 1. The zero-order chi connectivity index (χ0) is 14.7. The molecule has 1 aromatic carbocycles. The number of carbonyl (C=O) groups is 2. The molecule has 1 aliphatic heterocycles. The van der Waals surface area contributed by atoms with E-state index in [0.29, 0.717) is 0 Å². The summed E-state index contributed by atoms with van der Waals surface area (Å²) in [5.41, 5.74) is 0.285. The monoisotopic (exact) mass is 310 g/mol. The van der Waals surface area contributed by atoms with Crippen molar-refractivity contribution in [3.8, 4) is 0 Å². The molecule has 0 bridgehead atoms. The average molecular weight is 310 g/mol. The van der Waals surface area contributed by atoms with Gasteiger partial charge in [0.25, 0.3) is 5.91 Å². The predicted molar refractivity (Wildman–Crippen MR) is 75.9 cm³/mol. The molecular formula is C13H9FNO3S2-. The van der Waals surface area contributed by atoms with E-state index >= 15 is 0 Å². The number of rotatable bonds is 4. The quantitative estimate of drug-likeness (QED) is 0.617. The Labute approximate surface area is 124 Å². The van der Waals surface area contributed by atoms with Gasteiger partial charge in [-0.3, -0.25) is 9.69 Å². The van der Waals surface area contributed by atoms with Crippen molar-refractivity contribution >= 4 is 46.3 Å². The van der Waals surface area contributed by atoms with Crippen LogP contribution in [0.2, 0.25) is 0 Å². The van der Waals surface area contributed by atoms with E-state index in [4.69, 9.17) is 12.2 Å². The summed E-state index contributed by atoms with van der Waals surface area (Å²) in [5, 5.41) is 10.4. The number of carbonyl (C=O) groups excluding carboxylic acids is 2. The van der Waals surface area contributed by atoms with Crippen molar-refractivity contribution < 1.29 is 19.1 Å². The third-order valence-corrected chi connectivity index (χ3v) is 3.98. The molecule has 0 saturated carbocycles. The first-order chi connectivity index (χ1) is 9.49. The Bertz CT molecular complexity index is 615. The number of nitrogens with zero attached hydrogens (tertiary/aromatic N) is 1. The maximum absolute atomic E-state index is 13.5. The fraction of sp³-hybridized carbons (Fsp3) is 0.154. The summed E-state index contributed by atoms with van der Waals surface area (Å²) in [6.07, 6.45) is 1.12. The molecule has 0 aliphatic carbocycles. The van der Waals surface area contributed by atoms with Gasteiger partial charge in [-0.15, -0.1) is 0 Å². The molecular weight excluding hydrogens is 301 g/mol. The van der Waals surface area contributed by atoms with Crippen LogP contribution < -0.4 is 5.11 Å². The summed E-state index contributed by atoms with van der Waals surface area (Å²) >= 11 is 6.04. The van der Waals surface area contributed by atoms with E-state index in [0.717, 1.165) is 11.8 Å². The summed E-state index contributed by atoms with van der Waals surface area (Å²) in [4.78, 5) is 23.9. The van der Waals surface area contributed by atoms with Gasteiger partial charge in [0.1, 0.15) is 10.1 Å². The number of halogens is 1. The highest BCUT2D eigenvalue weighted by Crippen LogP contribution is 2.32. The zero-order valence-electron chi connectivity index (χ0n) is 10.2. The van der Waals surface area contributed by atoms with Crippen LogP contribution >= 0.6 is 24.0 Å². The molecule has 20 heavy (non-hydrogen) atoms. The van der Waals surface area contributed by atoms with Gasteiger partial charge in [0.05, 0.1) is 4.91 Å². The predicted octanol–water partition coefficient (Wildman–Crippen LogP) is 1.17. The summed E-state index contributed by atoms with van der Waals surface area (Å²) in [7, 11) is 0. The lowest BCUT2D eigenvalue weighted by atomic mass is 10.2. The van der Waals surface area contributed by atoms with Gasteiger partial charge in [0.2, 0.25) is 0 Å². The van der Waals surface area contributed by atoms with Crippen molar-refractivity contribution in [3.05, 3.63) is 40.6 Å². The number of thiocarbonyl (C=S) groups is 1. The van der Waals surface area contributed by atoms with Crippen LogP contribution in [0.15, 0.2) is 29.2 Å². The van der Waals surface area contributed by atoms with Crippen LogP contribution in [0.5, 0.6) is 0 Å². The Morgan fingerprint density at radius 1 is 1.45 bits per heavy atom. The van der Waals surface area contributed by atoms with E-state index in [9.17, 15) is 19.1 Å². The molecule has 7 heteroatoms. The smallest absolute Gasteiger partial charge is 0.266 e. The maximum atomic E-state index is 13.5. The molecule has 4 nitrogen and oxygen atoms in total. The molecule has 2 rings (SSSR count). The highest BCUT2D eigenvalue weighted by Gasteiger charge is 2.31. The van der Waals surface area contributed by atoms with Gasteiger partial charge in [0.15, 0.2) is 0 Å².